The Balaban J connectivity index is 2.25. The molecule has 1 aliphatic rings. The molecular weight excluding hydrogens is 520 g/mol. The molecule has 1 saturated heterocycles. The highest BCUT2D eigenvalue weighted by Gasteiger charge is 2.43. The molecule has 12 heteroatoms. The zero-order valence-electron chi connectivity index (χ0n) is 18.9. The Morgan fingerprint density at radius 1 is 1.36 bits per heavy atom. The van der Waals surface area contributed by atoms with Crippen LogP contribution in [0.4, 0.5) is 0 Å². The minimum Gasteiger partial charge on any atom is -0.458 e. The van der Waals surface area contributed by atoms with Gasteiger partial charge in [-0.05, 0) is 27.8 Å². The van der Waals surface area contributed by atoms with E-state index in [1.54, 1.807) is 27.7 Å². The molecule has 184 valence electrons. The number of hydrogen-bond acceptors (Lipinski definition) is 7. The summed E-state index contributed by atoms with van der Waals surface area (Å²) >= 11 is 9.41. The number of carbonyl (C=O) groups excluding carboxylic acids is 2. The molecule has 0 spiro atoms. The summed E-state index contributed by atoms with van der Waals surface area (Å²) in [5.41, 5.74) is 4.64. The number of rotatable bonds is 9. The number of nitrogens with zero attached hydrogens (tertiary/aromatic N) is 1. The molecule has 33 heavy (non-hydrogen) atoms. The third-order valence-corrected chi connectivity index (χ3v) is 6.39. The first-order valence-corrected chi connectivity index (χ1v) is 11.8. The number of carbonyl (C=O) groups is 2. The van der Waals surface area contributed by atoms with Crippen LogP contribution in [0, 0.1) is 11.8 Å². The minimum atomic E-state index is -0.940. The van der Waals surface area contributed by atoms with Crippen LogP contribution in [0.15, 0.2) is 32.9 Å². The van der Waals surface area contributed by atoms with Crippen molar-refractivity contribution in [2.75, 3.05) is 0 Å². The maximum Gasteiger partial charge on any atom is 0.330 e. The first kappa shape index (κ1) is 27.3. The second-order valence-electron chi connectivity index (χ2n) is 8.59. The van der Waals surface area contributed by atoms with Gasteiger partial charge in [0.2, 0.25) is 5.91 Å². The molecule has 1 aromatic rings. The summed E-state index contributed by atoms with van der Waals surface area (Å²) in [6.45, 7) is 10.8. The van der Waals surface area contributed by atoms with E-state index >= 15 is 0 Å². The van der Waals surface area contributed by atoms with Crippen LogP contribution in [0.3, 0.4) is 0 Å². The maximum atomic E-state index is 13.0. The largest absolute Gasteiger partial charge is 0.458 e. The summed E-state index contributed by atoms with van der Waals surface area (Å²) in [5.74, 6) is -1.51. The van der Waals surface area contributed by atoms with Crippen LogP contribution in [0.25, 0.3) is 0 Å². The normalized spacial score (nSPS) is 23.2. The van der Waals surface area contributed by atoms with Crippen molar-refractivity contribution in [1.82, 2.24) is 14.9 Å². The number of ether oxygens (including phenoxy) is 2. The number of aromatic amines is 1. The molecule has 2 rings (SSSR count). The molecule has 0 aromatic carbocycles. The number of hydrogen-bond donors (Lipinski definition) is 3. The van der Waals surface area contributed by atoms with Gasteiger partial charge in [0.25, 0.3) is 5.56 Å². The SMILES string of the molecule is C=CC(Cl)[C@H]1O[C@@H](n2cc(Br)c(=O)[nH]c2=O)C[C@@H]1OC(=O)[C@@H](NC(=O)[C@@H](N)C(C)C)C(C)C. The highest BCUT2D eigenvalue weighted by atomic mass is 79.9. The summed E-state index contributed by atoms with van der Waals surface area (Å²) in [6.07, 6.45) is 0.334. The van der Waals surface area contributed by atoms with Crippen LogP contribution < -0.4 is 22.3 Å². The van der Waals surface area contributed by atoms with Crippen LogP contribution in [0.2, 0.25) is 0 Å². The molecule has 0 aliphatic carbocycles. The fourth-order valence-electron chi connectivity index (χ4n) is 3.31. The minimum absolute atomic E-state index is 0.0934. The van der Waals surface area contributed by atoms with E-state index < -0.39 is 59.0 Å². The fraction of sp³-hybridized carbons (Fsp3) is 0.619. The van der Waals surface area contributed by atoms with Gasteiger partial charge in [0, 0.05) is 12.6 Å². The molecule has 1 unspecified atom stereocenters. The van der Waals surface area contributed by atoms with E-state index in [1.165, 1.54) is 16.8 Å². The molecule has 2 heterocycles. The zero-order chi connectivity index (χ0) is 25.0. The third-order valence-electron chi connectivity index (χ3n) is 5.40. The number of esters is 1. The molecule has 1 fully saturated rings. The Kier molecular flexibility index (Phi) is 9.48. The lowest BCUT2D eigenvalue weighted by atomic mass is 10.0. The standard InChI is InChI=1S/C21H30BrClN4O6/c1-6-12(23)17-13(7-14(33-17)27-8-11(22)18(28)26-21(27)31)32-20(30)16(10(4)5)25-19(29)15(24)9(2)3/h6,8-10,12-17H,1,7,24H2,2-5H3,(H,25,29)(H,26,28,31)/t12?,13-,14+,15-,16-,17+/m0/s1. The van der Waals surface area contributed by atoms with Crippen molar-refractivity contribution in [3.63, 3.8) is 0 Å². The number of H-pyrrole nitrogens is 1. The Hall–Kier alpha value is -1.95. The summed E-state index contributed by atoms with van der Waals surface area (Å²) in [7, 11) is 0. The van der Waals surface area contributed by atoms with Crippen molar-refractivity contribution in [2.24, 2.45) is 17.6 Å². The Morgan fingerprint density at radius 2 is 2.00 bits per heavy atom. The van der Waals surface area contributed by atoms with Gasteiger partial charge in [-0.3, -0.25) is 19.1 Å². The van der Waals surface area contributed by atoms with E-state index in [0.29, 0.717) is 0 Å². The molecule has 1 amide bonds. The molecule has 1 aromatic heterocycles. The molecule has 4 N–H and O–H groups in total. The first-order chi connectivity index (χ1) is 15.4. The topological polar surface area (TPSA) is 146 Å². The van der Waals surface area contributed by atoms with E-state index in [0.717, 1.165) is 0 Å². The molecular formula is C21H30BrClN4O6. The lowest BCUT2D eigenvalue weighted by molar-refractivity contribution is -0.157. The highest BCUT2D eigenvalue weighted by molar-refractivity contribution is 9.10. The van der Waals surface area contributed by atoms with Crippen molar-refractivity contribution in [3.8, 4) is 0 Å². The van der Waals surface area contributed by atoms with Crippen molar-refractivity contribution in [2.45, 2.75) is 70.0 Å². The van der Waals surface area contributed by atoms with Crippen molar-refractivity contribution < 1.29 is 19.1 Å². The van der Waals surface area contributed by atoms with Crippen LogP contribution >= 0.6 is 27.5 Å². The third kappa shape index (κ3) is 6.56. The lowest BCUT2D eigenvalue weighted by Crippen LogP contribution is -2.53. The van der Waals surface area contributed by atoms with Gasteiger partial charge in [-0.25, -0.2) is 9.59 Å². The highest BCUT2D eigenvalue weighted by Crippen LogP contribution is 2.34. The second-order valence-corrected chi connectivity index (χ2v) is 9.95. The van der Waals surface area contributed by atoms with Crippen LogP contribution in [0.5, 0.6) is 0 Å². The van der Waals surface area contributed by atoms with Crippen LogP contribution in [-0.4, -0.2) is 51.1 Å². The molecule has 10 nitrogen and oxygen atoms in total. The average Bonchev–Trinajstić information content (AvgIpc) is 3.15. The van der Waals surface area contributed by atoms with Crippen molar-refractivity contribution >= 4 is 39.4 Å². The quantitative estimate of drug-likeness (QED) is 0.240. The second kappa shape index (κ2) is 11.5. The van der Waals surface area contributed by atoms with Gasteiger partial charge in [-0.15, -0.1) is 18.2 Å². The molecule has 0 bridgehead atoms. The van der Waals surface area contributed by atoms with Crippen molar-refractivity contribution in [3.05, 3.63) is 44.2 Å². The smallest absolute Gasteiger partial charge is 0.330 e. The van der Waals surface area contributed by atoms with Gasteiger partial charge in [0.05, 0.1) is 15.9 Å². The maximum absolute atomic E-state index is 13.0. The molecule has 1 aliphatic heterocycles. The van der Waals surface area contributed by atoms with E-state index in [-0.39, 0.29) is 22.7 Å². The van der Waals surface area contributed by atoms with E-state index in [1.807, 2.05) is 0 Å². The van der Waals surface area contributed by atoms with E-state index in [9.17, 15) is 19.2 Å². The predicted molar refractivity (Wildman–Crippen MR) is 127 cm³/mol. The summed E-state index contributed by atoms with van der Waals surface area (Å²) in [6, 6.07) is -1.71. The number of alkyl halides is 1. The number of nitrogens with one attached hydrogen (secondary N) is 2. The lowest BCUT2D eigenvalue weighted by Gasteiger charge is -2.27. The van der Waals surface area contributed by atoms with Gasteiger partial charge in [0.15, 0.2) is 0 Å². The van der Waals surface area contributed by atoms with Gasteiger partial charge in [0.1, 0.15) is 24.5 Å². The molecule has 6 atom stereocenters. The van der Waals surface area contributed by atoms with Crippen LogP contribution in [-0.2, 0) is 19.1 Å². The monoisotopic (exact) mass is 548 g/mol. The van der Waals surface area contributed by atoms with Crippen molar-refractivity contribution in [1.29, 1.82) is 0 Å². The number of amides is 1. The fourth-order valence-corrected chi connectivity index (χ4v) is 3.85. The Morgan fingerprint density at radius 3 is 2.55 bits per heavy atom. The van der Waals surface area contributed by atoms with Gasteiger partial charge >= 0.3 is 11.7 Å². The Labute approximate surface area is 205 Å². The average molecular weight is 550 g/mol. The summed E-state index contributed by atoms with van der Waals surface area (Å²) in [5, 5.41) is 1.94. The number of nitrogens with two attached hydrogens (primary N) is 1. The number of aromatic nitrogens is 2. The van der Waals surface area contributed by atoms with Crippen LogP contribution in [0.1, 0.15) is 40.3 Å². The van der Waals surface area contributed by atoms with Gasteiger partial charge in [-0.1, -0.05) is 33.8 Å². The molecule has 0 radical (unpaired) electrons. The predicted octanol–water partition coefficient (Wildman–Crippen LogP) is 1.42. The van der Waals surface area contributed by atoms with E-state index in [2.05, 4.69) is 32.8 Å². The van der Waals surface area contributed by atoms with Gasteiger partial charge < -0.3 is 20.5 Å². The van der Waals surface area contributed by atoms with Gasteiger partial charge in [-0.2, -0.15) is 0 Å². The first-order valence-electron chi connectivity index (χ1n) is 10.6. The summed E-state index contributed by atoms with van der Waals surface area (Å²) in [4.78, 5) is 51.5. The Bertz CT molecular complexity index is 994. The zero-order valence-corrected chi connectivity index (χ0v) is 21.3. The number of halogens is 2. The summed E-state index contributed by atoms with van der Waals surface area (Å²) < 4.78 is 12.9. The van der Waals surface area contributed by atoms with E-state index in [4.69, 9.17) is 26.8 Å². The molecule has 0 saturated carbocycles.